The number of rotatable bonds is 1. The van der Waals surface area contributed by atoms with Crippen molar-refractivity contribution in [1.82, 2.24) is 5.01 Å². The SMILES string of the molecule is CC(C)N1CC=NC=N1. The molecular weight excluding hydrogens is 114 g/mol. The van der Waals surface area contributed by atoms with E-state index in [1.165, 1.54) is 0 Å². The molecule has 0 saturated heterocycles. The highest BCUT2D eigenvalue weighted by atomic mass is 15.5. The summed E-state index contributed by atoms with van der Waals surface area (Å²) in [5.41, 5.74) is 0. The molecule has 0 aromatic rings. The van der Waals surface area contributed by atoms with Crippen LogP contribution in [0, 0.1) is 0 Å². The lowest BCUT2D eigenvalue weighted by Gasteiger charge is -2.21. The summed E-state index contributed by atoms with van der Waals surface area (Å²) in [6.07, 6.45) is 3.43. The van der Waals surface area contributed by atoms with E-state index in [2.05, 4.69) is 23.9 Å². The minimum absolute atomic E-state index is 0.480. The molecule has 3 heteroatoms. The summed E-state index contributed by atoms with van der Waals surface area (Å²) in [5.74, 6) is 0. The molecule has 0 N–H and O–H groups in total. The fraction of sp³-hybridized carbons (Fsp3) is 0.667. The highest BCUT2D eigenvalue weighted by molar-refractivity contribution is 5.75. The molecule has 0 radical (unpaired) electrons. The van der Waals surface area contributed by atoms with Crippen molar-refractivity contribution in [1.29, 1.82) is 0 Å². The maximum Gasteiger partial charge on any atom is 0.135 e. The largest absolute Gasteiger partial charge is 0.288 e. The van der Waals surface area contributed by atoms with Gasteiger partial charge in [-0.15, -0.1) is 0 Å². The first-order chi connectivity index (χ1) is 4.30. The normalized spacial score (nSPS) is 17.4. The quantitative estimate of drug-likeness (QED) is 0.507. The van der Waals surface area contributed by atoms with Crippen molar-refractivity contribution in [3.8, 4) is 0 Å². The van der Waals surface area contributed by atoms with Gasteiger partial charge in [-0.3, -0.25) is 5.01 Å². The predicted octanol–water partition coefficient (Wildman–Crippen LogP) is 0.725. The maximum absolute atomic E-state index is 4.04. The number of aliphatic imine (C=N–C) groups is 1. The van der Waals surface area contributed by atoms with Crippen molar-refractivity contribution in [3.63, 3.8) is 0 Å². The lowest BCUT2D eigenvalue weighted by molar-refractivity contribution is 0.267. The van der Waals surface area contributed by atoms with Gasteiger partial charge in [0.25, 0.3) is 0 Å². The van der Waals surface area contributed by atoms with Gasteiger partial charge in [-0.25, -0.2) is 4.99 Å². The highest BCUT2D eigenvalue weighted by Crippen LogP contribution is 1.98. The van der Waals surface area contributed by atoms with E-state index in [0.717, 1.165) is 6.54 Å². The molecule has 1 heterocycles. The smallest absolute Gasteiger partial charge is 0.135 e. The lowest BCUT2D eigenvalue weighted by atomic mass is 10.4. The fourth-order valence-corrected chi connectivity index (χ4v) is 0.665. The summed E-state index contributed by atoms with van der Waals surface area (Å²) >= 11 is 0. The molecule has 0 aliphatic carbocycles. The summed E-state index contributed by atoms with van der Waals surface area (Å²) in [4.78, 5) is 3.85. The van der Waals surface area contributed by atoms with Crippen LogP contribution in [0.4, 0.5) is 0 Å². The van der Waals surface area contributed by atoms with Crippen LogP contribution in [0.2, 0.25) is 0 Å². The van der Waals surface area contributed by atoms with Crippen LogP contribution in [-0.2, 0) is 0 Å². The second-order valence-electron chi connectivity index (χ2n) is 2.28. The third-order valence-corrected chi connectivity index (χ3v) is 1.24. The van der Waals surface area contributed by atoms with Crippen LogP contribution in [0.25, 0.3) is 0 Å². The van der Waals surface area contributed by atoms with Crippen molar-refractivity contribution in [2.24, 2.45) is 10.1 Å². The summed E-state index contributed by atoms with van der Waals surface area (Å²) in [7, 11) is 0. The zero-order chi connectivity index (χ0) is 6.69. The molecular formula is C6H11N3. The Balaban J connectivity index is 2.46. The molecule has 9 heavy (non-hydrogen) atoms. The van der Waals surface area contributed by atoms with Crippen LogP contribution < -0.4 is 0 Å². The van der Waals surface area contributed by atoms with Crippen molar-refractivity contribution < 1.29 is 0 Å². The molecule has 1 aliphatic rings. The van der Waals surface area contributed by atoms with E-state index in [4.69, 9.17) is 0 Å². The van der Waals surface area contributed by atoms with Gasteiger partial charge >= 0.3 is 0 Å². The van der Waals surface area contributed by atoms with Crippen LogP contribution in [-0.4, -0.2) is 30.1 Å². The minimum Gasteiger partial charge on any atom is -0.288 e. The Morgan fingerprint density at radius 1 is 1.56 bits per heavy atom. The number of hydrazone groups is 1. The average molecular weight is 125 g/mol. The molecule has 0 fully saturated rings. The van der Waals surface area contributed by atoms with Gasteiger partial charge in [0.05, 0.1) is 6.54 Å². The first-order valence-electron chi connectivity index (χ1n) is 3.11. The van der Waals surface area contributed by atoms with Crippen LogP contribution >= 0.6 is 0 Å². The van der Waals surface area contributed by atoms with Crippen LogP contribution in [0.15, 0.2) is 10.1 Å². The summed E-state index contributed by atoms with van der Waals surface area (Å²) in [6, 6.07) is 0.480. The molecule has 0 aromatic carbocycles. The Hall–Kier alpha value is -0.860. The van der Waals surface area contributed by atoms with Gasteiger partial charge in [0, 0.05) is 12.3 Å². The molecule has 0 saturated carbocycles. The van der Waals surface area contributed by atoms with Gasteiger partial charge < -0.3 is 0 Å². The summed E-state index contributed by atoms with van der Waals surface area (Å²) in [5, 5.41) is 6.02. The maximum atomic E-state index is 4.04. The van der Waals surface area contributed by atoms with Gasteiger partial charge in [0.1, 0.15) is 6.34 Å². The molecule has 0 spiro atoms. The lowest BCUT2D eigenvalue weighted by Crippen LogP contribution is -2.29. The molecule has 0 unspecified atom stereocenters. The second-order valence-corrected chi connectivity index (χ2v) is 2.28. The van der Waals surface area contributed by atoms with Crippen molar-refractivity contribution >= 4 is 12.6 Å². The zero-order valence-corrected chi connectivity index (χ0v) is 5.78. The molecule has 1 rings (SSSR count). The monoisotopic (exact) mass is 125 g/mol. The standard InChI is InChI=1S/C6H11N3/c1-6(2)9-4-3-7-5-8-9/h3,5-6H,4H2,1-2H3. The second kappa shape index (κ2) is 2.62. The van der Waals surface area contributed by atoms with Gasteiger partial charge in [0.2, 0.25) is 0 Å². The Labute approximate surface area is 55.1 Å². The molecule has 0 amide bonds. The number of nitrogens with zero attached hydrogens (tertiary/aromatic N) is 3. The Bertz CT molecular complexity index is 137. The van der Waals surface area contributed by atoms with Crippen molar-refractivity contribution in [3.05, 3.63) is 0 Å². The summed E-state index contributed by atoms with van der Waals surface area (Å²) < 4.78 is 0. The molecule has 0 aromatic heterocycles. The molecule has 50 valence electrons. The van der Waals surface area contributed by atoms with Gasteiger partial charge in [-0.2, -0.15) is 5.10 Å². The third-order valence-electron chi connectivity index (χ3n) is 1.24. The molecule has 1 aliphatic heterocycles. The van der Waals surface area contributed by atoms with E-state index in [1.54, 1.807) is 6.34 Å². The van der Waals surface area contributed by atoms with Gasteiger partial charge in [-0.05, 0) is 13.8 Å². The highest BCUT2D eigenvalue weighted by Gasteiger charge is 2.04. The van der Waals surface area contributed by atoms with Crippen molar-refractivity contribution in [2.75, 3.05) is 6.54 Å². The predicted molar refractivity (Wildman–Crippen MR) is 38.8 cm³/mol. The fourth-order valence-electron chi connectivity index (χ4n) is 0.665. The van der Waals surface area contributed by atoms with Gasteiger partial charge in [-0.1, -0.05) is 0 Å². The number of hydrogen-bond donors (Lipinski definition) is 0. The third kappa shape index (κ3) is 1.52. The van der Waals surface area contributed by atoms with Crippen LogP contribution in [0.1, 0.15) is 13.8 Å². The van der Waals surface area contributed by atoms with Crippen LogP contribution in [0.3, 0.4) is 0 Å². The molecule has 0 atom stereocenters. The van der Waals surface area contributed by atoms with E-state index in [9.17, 15) is 0 Å². The average Bonchev–Trinajstić information content (AvgIpc) is 1.90. The van der Waals surface area contributed by atoms with E-state index < -0.39 is 0 Å². The Kier molecular flexibility index (Phi) is 1.82. The van der Waals surface area contributed by atoms with Crippen molar-refractivity contribution in [2.45, 2.75) is 19.9 Å². The van der Waals surface area contributed by atoms with E-state index in [0.29, 0.717) is 6.04 Å². The first-order valence-corrected chi connectivity index (χ1v) is 3.11. The van der Waals surface area contributed by atoms with E-state index >= 15 is 0 Å². The Morgan fingerprint density at radius 3 is 2.67 bits per heavy atom. The van der Waals surface area contributed by atoms with E-state index in [-0.39, 0.29) is 0 Å². The van der Waals surface area contributed by atoms with E-state index in [1.807, 2.05) is 11.2 Å². The van der Waals surface area contributed by atoms with Crippen LogP contribution in [0.5, 0.6) is 0 Å². The van der Waals surface area contributed by atoms with Gasteiger partial charge in [0.15, 0.2) is 0 Å². The topological polar surface area (TPSA) is 28.0 Å². The first kappa shape index (κ1) is 6.26. The molecule has 3 nitrogen and oxygen atoms in total. The molecule has 0 bridgehead atoms. The Morgan fingerprint density at radius 2 is 2.33 bits per heavy atom. The zero-order valence-electron chi connectivity index (χ0n) is 5.78. The number of hydrogen-bond acceptors (Lipinski definition) is 3. The summed E-state index contributed by atoms with van der Waals surface area (Å²) in [6.45, 7) is 5.06. The minimum atomic E-state index is 0.480.